The topological polar surface area (TPSA) is 64.5 Å². The van der Waals surface area contributed by atoms with Crippen molar-refractivity contribution in [3.05, 3.63) is 29.0 Å². The van der Waals surface area contributed by atoms with Gasteiger partial charge >= 0.3 is 6.09 Å². The Kier molecular flexibility index (Phi) is 6.14. The summed E-state index contributed by atoms with van der Waals surface area (Å²) in [4.78, 5) is 18.0. The highest BCUT2D eigenvalue weighted by atomic mass is 79.9. The second kappa shape index (κ2) is 8.09. The van der Waals surface area contributed by atoms with Crippen LogP contribution in [0.25, 0.3) is 0 Å². The Morgan fingerprint density at radius 2 is 2.09 bits per heavy atom. The number of nitrogens with zero attached hydrogens (tertiary/aromatic N) is 3. The molecule has 0 spiro atoms. The van der Waals surface area contributed by atoms with Crippen LogP contribution in [-0.4, -0.2) is 29.2 Å². The zero-order chi connectivity index (χ0) is 15.9. The molecule has 0 radical (unpaired) electrons. The third-order valence-electron chi connectivity index (χ3n) is 2.82. The van der Waals surface area contributed by atoms with E-state index in [1.807, 2.05) is 6.92 Å². The fourth-order valence-electron chi connectivity index (χ4n) is 1.68. The second-order valence-corrected chi connectivity index (χ2v) is 5.79. The lowest BCUT2D eigenvalue weighted by molar-refractivity contribution is 0.155. The molecule has 0 N–H and O–H groups in total. The van der Waals surface area contributed by atoms with Crippen LogP contribution in [0, 0.1) is 0 Å². The molecule has 2 rings (SSSR count). The normalized spacial score (nSPS) is 10.3. The minimum atomic E-state index is -0.470. The van der Waals surface area contributed by atoms with Crippen LogP contribution in [0.3, 0.4) is 0 Å². The summed E-state index contributed by atoms with van der Waals surface area (Å²) in [5, 5.41) is 0.443. The number of ether oxygens (including phenoxy) is 2. The lowest BCUT2D eigenvalue weighted by Gasteiger charge is -2.19. The minimum Gasteiger partial charge on any atom is -0.497 e. The molecule has 118 valence electrons. The predicted octanol–water partition coefficient (Wildman–Crippen LogP) is 4.38. The molecular formula is C14H16BrN3O3S. The van der Waals surface area contributed by atoms with Crippen LogP contribution in [0.2, 0.25) is 0 Å². The number of carbonyl (C=O) groups is 1. The van der Waals surface area contributed by atoms with Crippen molar-refractivity contribution >= 4 is 44.4 Å². The van der Waals surface area contributed by atoms with Crippen molar-refractivity contribution in [2.24, 2.45) is 0 Å². The lowest BCUT2D eigenvalue weighted by Crippen LogP contribution is -2.27. The lowest BCUT2D eigenvalue weighted by atomic mass is 10.3. The number of hydrogen-bond acceptors (Lipinski definition) is 6. The van der Waals surface area contributed by atoms with E-state index >= 15 is 0 Å². The fourth-order valence-corrected chi connectivity index (χ4v) is 2.77. The number of benzene rings is 1. The summed E-state index contributed by atoms with van der Waals surface area (Å²) >= 11 is 4.31. The minimum absolute atomic E-state index is 0.377. The number of anilines is 2. The van der Waals surface area contributed by atoms with Gasteiger partial charge in [0.2, 0.25) is 9.87 Å². The summed E-state index contributed by atoms with van der Waals surface area (Å²) in [5.41, 5.74) is 0.644. The summed E-state index contributed by atoms with van der Waals surface area (Å²) < 4.78 is 14.9. The molecule has 0 atom stereocenters. The monoisotopic (exact) mass is 385 g/mol. The van der Waals surface area contributed by atoms with Crippen molar-refractivity contribution in [3.63, 3.8) is 0 Å². The fraction of sp³-hybridized carbons (Fsp3) is 0.357. The van der Waals surface area contributed by atoms with Gasteiger partial charge in [0.15, 0.2) is 0 Å². The first-order valence-electron chi connectivity index (χ1n) is 6.76. The Hall–Kier alpha value is -1.67. The molecule has 6 nitrogen and oxygen atoms in total. The third-order valence-corrected chi connectivity index (χ3v) is 4.11. The van der Waals surface area contributed by atoms with Gasteiger partial charge in [-0.2, -0.15) is 9.36 Å². The molecule has 1 aromatic heterocycles. The molecule has 0 aliphatic rings. The molecule has 0 saturated carbocycles. The van der Waals surface area contributed by atoms with Gasteiger partial charge in [-0.25, -0.2) is 9.69 Å². The maximum Gasteiger partial charge on any atom is 0.420 e. The van der Waals surface area contributed by atoms with Crippen LogP contribution in [0.5, 0.6) is 5.75 Å². The van der Waals surface area contributed by atoms with Crippen LogP contribution in [-0.2, 0) is 4.74 Å². The van der Waals surface area contributed by atoms with Crippen molar-refractivity contribution < 1.29 is 14.3 Å². The molecule has 1 aromatic carbocycles. The Morgan fingerprint density at radius 3 is 2.64 bits per heavy atom. The first kappa shape index (κ1) is 16.7. The summed E-state index contributed by atoms with van der Waals surface area (Å²) in [7, 11) is 1.59. The molecule has 0 unspecified atom stereocenters. The van der Waals surface area contributed by atoms with E-state index in [0.29, 0.717) is 27.9 Å². The second-order valence-electron chi connectivity index (χ2n) is 4.35. The smallest absolute Gasteiger partial charge is 0.420 e. The Balaban J connectivity index is 2.26. The zero-order valence-corrected chi connectivity index (χ0v) is 14.7. The SMILES string of the molecule is CCCCOC(=O)N(c1ccc(OC)cc1)c1nc(Br)ns1. The highest BCUT2D eigenvalue weighted by Gasteiger charge is 2.23. The maximum atomic E-state index is 12.4. The van der Waals surface area contributed by atoms with E-state index < -0.39 is 6.09 Å². The van der Waals surface area contributed by atoms with Crippen molar-refractivity contribution in [3.8, 4) is 5.75 Å². The summed E-state index contributed by atoms with van der Waals surface area (Å²) in [6.45, 7) is 2.42. The number of unbranched alkanes of at least 4 members (excludes halogenated alkanes) is 1. The average molecular weight is 386 g/mol. The maximum absolute atomic E-state index is 12.4. The molecule has 0 aliphatic carbocycles. The average Bonchev–Trinajstić information content (AvgIpc) is 2.94. The number of carbonyl (C=O) groups excluding carboxylic acids is 1. The number of methoxy groups -OCH3 is 1. The molecule has 1 heterocycles. The number of amides is 1. The Labute approximate surface area is 141 Å². The van der Waals surface area contributed by atoms with E-state index in [1.54, 1.807) is 31.4 Å². The third kappa shape index (κ3) is 4.17. The van der Waals surface area contributed by atoms with Gasteiger partial charge in [-0.15, -0.1) is 0 Å². The van der Waals surface area contributed by atoms with Gasteiger partial charge in [0.05, 0.1) is 19.4 Å². The molecule has 8 heteroatoms. The van der Waals surface area contributed by atoms with Gasteiger partial charge in [0, 0.05) is 11.5 Å². The van der Waals surface area contributed by atoms with Gasteiger partial charge in [-0.05, 0) is 46.6 Å². The van der Waals surface area contributed by atoms with E-state index in [9.17, 15) is 4.79 Å². The standard InChI is InChI=1S/C14H16BrN3O3S/c1-3-4-9-21-14(19)18(13-16-12(15)17-22-13)10-5-7-11(20-2)8-6-10/h5-8H,3-4,9H2,1-2H3. The summed E-state index contributed by atoms with van der Waals surface area (Å²) in [6.07, 6.45) is 1.31. The molecule has 22 heavy (non-hydrogen) atoms. The molecule has 0 fully saturated rings. The molecule has 0 aliphatic heterocycles. The van der Waals surface area contributed by atoms with Crippen LogP contribution in [0.4, 0.5) is 15.6 Å². The van der Waals surface area contributed by atoms with Gasteiger partial charge in [0.1, 0.15) is 5.75 Å². The van der Waals surface area contributed by atoms with E-state index in [-0.39, 0.29) is 0 Å². The first-order chi connectivity index (χ1) is 10.7. The van der Waals surface area contributed by atoms with Gasteiger partial charge in [-0.3, -0.25) is 0 Å². The Bertz CT molecular complexity index is 618. The first-order valence-corrected chi connectivity index (χ1v) is 8.32. The number of halogens is 1. The van der Waals surface area contributed by atoms with Crippen molar-refractivity contribution in [2.45, 2.75) is 19.8 Å². The van der Waals surface area contributed by atoms with Crippen LogP contribution < -0.4 is 9.64 Å². The van der Waals surface area contributed by atoms with E-state index in [2.05, 4.69) is 25.3 Å². The van der Waals surface area contributed by atoms with Crippen LogP contribution in [0.1, 0.15) is 19.8 Å². The highest BCUT2D eigenvalue weighted by Crippen LogP contribution is 2.30. The van der Waals surface area contributed by atoms with Crippen molar-refractivity contribution in [1.82, 2.24) is 9.36 Å². The predicted molar refractivity (Wildman–Crippen MR) is 89.0 cm³/mol. The molecule has 2 aromatic rings. The quantitative estimate of drug-likeness (QED) is 0.690. The van der Waals surface area contributed by atoms with Gasteiger partial charge in [-0.1, -0.05) is 13.3 Å². The van der Waals surface area contributed by atoms with Gasteiger partial charge in [0.25, 0.3) is 0 Å². The molecule has 0 saturated heterocycles. The summed E-state index contributed by atoms with van der Waals surface area (Å²) in [6, 6.07) is 7.10. The van der Waals surface area contributed by atoms with Crippen LogP contribution in [0.15, 0.2) is 29.0 Å². The van der Waals surface area contributed by atoms with E-state index in [4.69, 9.17) is 9.47 Å². The molecular weight excluding hydrogens is 370 g/mol. The largest absolute Gasteiger partial charge is 0.497 e. The van der Waals surface area contributed by atoms with E-state index in [0.717, 1.165) is 24.4 Å². The number of rotatable bonds is 6. The molecule has 0 bridgehead atoms. The highest BCUT2D eigenvalue weighted by molar-refractivity contribution is 9.10. The van der Waals surface area contributed by atoms with Gasteiger partial charge < -0.3 is 9.47 Å². The zero-order valence-electron chi connectivity index (χ0n) is 12.3. The van der Waals surface area contributed by atoms with E-state index in [1.165, 1.54) is 4.90 Å². The van der Waals surface area contributed by atoms with Crippen molar-refractivity contribution in [2.75, 3.05) is 18.6 Å². The molecule has 1 amide bonds. The summed E-state index contributed by atoms with van der Waals surface area (Å²) in [5.74, 6) is 0.710. The number of aromatic nitrogens is 2. The Morgan fingerprint density at radius 1 is 1.36 bits per heavy atom. The van der Waals surface area contributed by atoms with Crippen LogP contribution >= 0.6 is 27.5 Å². The number of hydrogen-bond donors (Lipinski definition) is 0. The van der Waals surface area contributed by atoms with Crippen molar-refractivity contribution in [1.29, 1.82) is 0 Å².